The average Bonchev–Trinajstić information content (AvgIpc) is 3.91. The van der Waals surface area contributed by atoms with Gasteiger partial charge in [-0.15, -0.1) is 0 Å². The summed E-state index contributed by atoms with van der Waals surface area (Å²) in [4.78, 5) is 0. The first-order valence-electron chi connectivity index (χ1n) is 26.4. The van der Waals surface area contributed by atoms with Crippen molar-refractivity contribution < 1.29 is 4.42 Å². The van der Waals surface area contributed by atoms with Gasteiger partial charge in [0.05, 0.1) is 5.41 Å². The van der Waals surface area contributed by atoms with Crippen molar-refractivity contribution in [3.63, 3.8) is 0 Å². The zero-order valence-electron chi connectivity index (χ0n) is 44.7. The molecule has 370 valence electrons. The van der Waals surface area contributed by atoms with Gasteiger partial charge in [0.25, 0.3) is 0 Å². The Hall–Kier alpha value is -7.48. The largest absolute Gasteiger partial charge is 0.457 e. The molecule has 0 radical (unpaired) electrons. The van der Waals surface area contributed by atoms with Crippen molar-refractivity contribution in [1.82, 2.24) is 0 Å². The number of hydrogen-bond acceptors (Lipinski definition) is 1. The van der Waals surface area contributed by atoms with Crippen LogP contribution in [0.1, 0.15) is 120 Å². The van der Waals surface area contributed by atoms with E-state index < -0.39 is 0 Å². The molecule has 0 amide bonds. The maximum absolute atomic E-state index is 5.60. The fourth-order valence-corrected chi connectivity index (χ4v) is 10.8. The quantitative estimate of drug-likeness (QED) is 0.155. The Morgan fingerprint density at radius 3 is 1.75 bits per heavy atom. The molecule has 0 spiro atoms. The number of allylic oxidation sites excluding steroid dienone is 5. The third-order valence-electron chi connectivity index (χ3n) is 14.4. The number of fused-ring (bicyclic) bond motifs is 5. The Balaban J connectivity index is 0.000000153. The monoisotopic (exact) mass is 957 g/mol. The van der Waals surface area contributed by atoms with Crippen LogP contribution in [0.3, 0.4) is 0 Å². The van der Waals surface area contributed by atoms with E-state index in [4.69, 9.17) is 4.42 Å². The van der Waals surface area contributed by atoms with Gasteiger partial charge in [-0.25, -0.2) is 0 Å². The zero-order chi connectivity index (χ0) is 51.9. The second kappa shape index (κ2) is 25.3. The number of rotatable bonds is 7. The van der Waals surface area contributed by atoms with E-state index in [1.807, 2.05) is 54.6 Å². The molecule has 0 unspecified atom stereocenters. The van der Waals surface area contributed by atoms with Crippen LogP contribution in [0.25, 0.3) is 46.4 Å². The topological polar surface area (TPSA) is 13.1 Å². The molecule has 1 nitrogen and oxygen atoms in total. The van der Waals surface area contributed by atoms with Gasteiger partial charge >= 0.3 is 0 Å². The average molecular weight is 957 g/mol. The standard InChI is InChI=1S/C31H26.C14H14O.C11H14.C9H14.C7H8/c1-5-25-22(4)20-29-30(26(25)6-2)27-18-17-21(3)19-28(27)31(29,23-13-9-7-10-14-23)24-15-11-8-12-16-24;1-4-11(5-2)14-10(3)15-13-9-7-6-8-12(13)14;1-9-6-7-10-4-2-3-5-11(10)8-9;1-8(2)9-6-4-3-5-7-9;1-7-5-3-2-4-6-7/h5-20H,1-2H2,3-4H3;4,6-9H,1,3,5H2,2H3;6-8H,2-5H2,1H3;4,6-8H,3,5H2,1-2H3;2-6H,1H3/b;14-11-;;;. The van der Waals surface area contributed by atoms with Crippen molar-refractivity contribution in [1.29, 1.82) is 0 Å². The van der Waals surface area contributed by atoms with E-state index in [0.717, 1.165) is 33.6 Å². The van der Waals surface area contributed by atoms with E-state index in [1.54, 1.807) is 11.1 Å². The molecule has 1 heterocycles. The highest BCUT2D eigenvalue weighted by molar-refractivity contribution is 5.94. The molecule has 0 aliphatic heterocycles. The van der Waals surface area contributed by atoms with Gasteiger partial charge in [0.15, 0.2) is 0 Å². The van der Waals surface area contributed by atoms with Crippen molar-refractivity contribution in [2.24, 2.45) is 5.92 Å². The molecule has 0 atom stereocenters. The fraction of sp³-hybridized carbons (Fsp3) is 0.222. The van der Waals surface area contributed by atoms with Gasteiger partial charge in [0.1, 0.15) is 11.0 Å². The molecule has 0 N–H and O–H groups in total. The molecular weight excluding hydrogens is 881 g/mol. The van der Waals surface area contributed by atoms with Crippen molar-refractivity contribution >= 4 is 35.3 Å². The van der Waals surface area contributed by atoms with E-state index in [9.17, 15) is 0 Å². The third kappa shape index (κ3) is 12.1. The molecule has 11 rings (SSSR count). The van der Waals surface area contributed by atoms with Gasteiger partial charge in [-0.05, 0) is 157 Å². The number of furan rings is 1. The summed E-state index contributed by atoms with van der Waals surface area (Å²) in [6.07, 6.45) is 21.5. The van der Waals surface area contributed by atoms with Gasteiger partial charge < -0.3 is 4.42 Å². The molecule has 0 fully saturated rings. The van der Waals surface area contributed by atoms with E-state index >= 15 is 0 Å². The maximum Gasteiger partial charge on any atom is 0.135 e. The maximum atomic E-state index is 5.60. The summed E-state index contributed by atoms with van der Waals surface area (Å²) < 4.78 is 5.60. The smallest absolute Gasteiger partial charge is 0.135 e. The summed E-state index contributed by atoms with van der Waals surface area (Å²) >= 11 is 0. The van der Waals surface area contributed by atoms with E-state index in [0.29, 0.717) is 5.92 Å². The van der Waals surface area contributed by atoms with Crippen LogP contribution in [0.5, 0.6) is 0 Å². The van der Waals surface area contributed by atoms with Crippen LogP contribution >= 0.6 is 0 Å². The van der Waals surface area contributed by atoms with Crippen molar-refractivity contribution in [3.05, 3.63) is 285 Å². The minimum absolute atomic E-state index is 0.374. The number of para-hydroxylation sites is 1. The molecule has 8 aromatic rings. The summed E-state index contributed by atoms with van der Waals surface area (Å²) in [5.41, 5.74) is 22.5. The molecule has 3 aliphatic rings. The molecular formula is C72H76O. The van der Waals surface area contributed by atoms with E-state index in [-0.39, 0.29) is 5.41 Å². The molecule has 3 aliphatic carbocycles. The predicted molar refractivity (Wildman–Crippen MR) is 319 cm³/mol. The van der Waals surface area contributed by atoms with Gasteiger partial charge in [0.2, 0.25) is 0 Å². The lowest BCUT2D eigenvalue weighted by Gasteiger charge is -2.34. The Morgan fingerprint density at radius 2 is 1.21 bits per heavy atom. The van der Waals surface area contributed by atoms with Crippen molar-refractivity contribution in [2.45, 2.75) is 98.8 Å². The van der Waals surface area contributed by atoms with Crippen LogP contribution in [-0.2, 0) is 18.3 Å². The van der Waals surface area contributed by atoms with Crippen LogP contribution in [0.4, 0.5) is 0 Å². The van der Waals surface area contributed by atoms with Crippen molar-refractivity contribution in [3.8, 4) is 11.1 Å². The van der Waals surface area contributed by atoms with Crippen LogP contribution < -0.4 is 10.6 Å². The van der Waals surface area contributed by atoms with Crippen LogP contribution in [0.15, 0.2) is 212 Å². The summed E-state index contributed by atoms with van der Waals surface area (Å²) in [6, 6.07) is 56.2. The molecule has 1 aromatic heterocycles. The molecule has 73 heavy (non-hydrogen) atoms. The summed E-state index contributed by atoms with van der Waals surface area (Å²) in [5.74, 6) is 0.710. The zero-order valence-corrected chi connectivity index (χ0v) is 44.7. The van der Waals surface area contributed by atoms with E-state index in [2.05, 4.69) is 214 Å². The van der Waals surface area contributed by atoms with Crippen LogP contribution in [0.2, 0.25) is 0 Å². The van der Waals surface area contributed by atoms with Crippen LogP contribution in [0, 0.1) is 33.6 Å². The van der Waals surface area contributed by atoms with Crippen LogP contribution in [-0.4, -0.2) is 0 Å². The van der Waals surface area contributed by atoms with Gasteiger partial charge in [-0.1, -0.05) is 252 Å². The first-order chi connectivity index (χ1) is 35.5. The molecule has 1 heteroatoms. The normalized spacial score (nSPS) is 13.8. The first-order valence-corrected chi connectivity index (χ1v) is 26.4. The summed E-state index contributed by atoms with van der Waals surface area (Å²) in [6.45, 7) is 31.3. The molecule has 0 saturated heterocycles. The third-order valence-corrected chi connectivity index (χ3v) is 14.4. The second-order valence-electron chi connectivity index (χ2n) is 19.8. The van der Waals surface area contributed by atoms with Gasteiger partial charge in [-0.2, -0.15) is 0 Å². The summed E-state index contributed by atoms with van der Waals surface area (Å²) in [5, 5.41) is 2.22. The lowest BCUT2D eigenvalue weighted by Crippen LogP contribution is -2.28. The number of hydrogen-bond donors (Lipinski definition) is 0. The Labute approximate surface area is 438 Å². The second-order valence-corrected chi connectivity index (χ2v) is 19.8. The fourth-order valence-electron chi connectivity index (χ4n) is 10.8. The SMILES string of the molecule is C=C/C(CC)=c1\c(=C)oc2ccccc12.C=Cc1c(C)cc2c(c1C=C)-c1ccc(C)cc1C2(c1ccccc1)c1ccccc1.CC(C)C1=CCCC=C1.Cc1ccc2c(c1)CCCC2.Cc1ccccc1. The molecule has 0 saturated carbocycles. The summed E-state index contributed by atoms with van der Waals surface area (Å²) in [7, 11) is 0. The minimum Gasteiger partial charge on any atom is -0.457 e. The Bertz CT molecular complexity index is 3300. The minimum atomic E-state index is -0.374. The highest BCUT2D eigenvalue weighted by atomic mass is 16.3. The lowest BCUT2D eigenvalue weighted by molar-refractivity contribution is 0.577. The Kier molecular flexibility index (Phi) is 18.5. The molecule has 0 bridgehead atoms. The predicted octanol–water partition coefficient (Wildman–Crippen LogP) is 18.3. The first kappa shape index (κ1) is 53.3. The molecule has 7 aromatic carbocycles. The van der Waals surface area contributed by atoms with E-state index in [1.165, 1.54) is 111 Å². The highest BCUT2D eigenvalue weighted by Crippen LogP contribution is 2.58. The van der Waals surface area contributed by atoms with Crippen molar-refractivity contribution in [2.75, 3.05) is 0 Å². The number of benzene rings is 7. The van der Waals surface area contributed by atoms with Gasteiger partial charge in [-0.3, -0.25) is 0 Å². The Morgan fingerprint density at radius 1 is 0.616 bits per heavy atom. The lowest BCUT2D eigenvalue weighted by atomic mass is 9.67. The van der Waals surface area contributed by atoms with Gasteiger partial charge in [0, 0.05) is 10.6 Å². The number of aryl methyl sites for hydroxylation is 6. The highest BCUT2D eigenvalue weighted by Gasteiger charge is 2.47.